The zero-order chi connectivity index (χ0) is 17.8. The van der Waals surface area contributed by atoms with Crippen molar-refractivity contribution < 1.29 is 0 Å². The average Bonchev–Trinajstić information content (AvgIpc) is 3.10. The Morgan fingerprint density at radius 2 is 1.15 bits per heavy atom. The average molecular weight is 403 g/mol. The van der Waals surface area contributed by atoms with E-state index >= 15 is 0 Å². The summed E-state index contributed by atoms with van der Waals surface area (Å²) in [5.41, 5.74) is 5.64. The van der Waals surface area contributed by atoms with E-state index in [1.165, 1.54) is 5.56 Å². The molecule has 0 saturated heterocycles. The van der Waals surface area contributed by atoms with Crippen molar-refractivity contribution in [2.24, 2.45) is 0 Å². The van der Waals surface area contributed by atoms with Crippen molar-refractivity contribution in [3.8, 4) is 33.9 Å². The molecule has 1 heterocycles. The maximum atomic E-state index is 5.09. The van der Waals surface area contributed by atoms with Crippen molar-refractivity contribution in [1.29, 1.82) is 0 Å². The quantitative estimate of drug-likeness (QED) is 0.359. The van der Waals surface area contributed by atoms with Gasteiger partial charge >= 0.3 is 0 Å². The van der Waals surface area contributed by atoms with E-state index in [4.69, 9.17) is 4.98 Å². The molecule has 1 aromatic heterocycles. The molecule has 0 amide bonds. The van der Waals surface area contributed by atoms with Crippen molar-refractivity contribution in [2.75, 3.05) is 5.33 Å². The molecule has 0 aliphatic heterocycles. The highest BCUT2D eigenvalue weighted by atomic mass is 79.9. The molecule has 0 atom stereocenters. The van der Waals surface area contributed by atoms with Crippen LogP contribution in [-0.2, 0) is 6.54 Å². The highest BCUT2D eigenvalue weighted by Crippen LogP contribution is 2.36. The standard InChI is InChI=1S/C23H19BrN2/c24-16-17-26-22(19-12-6-2-7-13-19)21(18-10-4-1-5-11-18)25-23(26)20-14-8-3-9-15-20/h1-15H,16-17H2. The Morgan fingerprint density at radius 3 is 1.69 bits per heavy atom. The summed E-state index contributed by atoms with van der Waals surface area (Å²) < 4.78 is 2.32. The molecule has 26 heavy (non-hydrogen) atoms. The van der Waals surface area contributed by atoms with Crippen LogP contribution >= 0.6 is 15.9 Å². The zero-order valence-electron chi connectivity index (χ0n) is 14.3. The highest BCUT2D eigenvalue weighted by molar-refractivity contribution is 9.09. The molecule has 0 spiro atoms. The fourth-order valence-electron chi connectivity index (χ4n) is 3.25. The van der Waals surface area contributed by atoms with E-state index in [1.54, 1.807) is 0 Å². The lowest BCUT2D eigenvalue weighted by Gasteiger charge is -2.12. The summed E-state index contributed by atoms with van der Waals surface area (Å²) in [5.74, 6) is 1.00. The van der Waals surface area contributed by atoms with Gasteiger partial charge in [-0.2, -0.15) is 0 Å². The monoisotopic (exact) mass is 402 g/mol. The maximum Gasteiger partial charge on any atom is 0.141 e. The molecule has 0 aliphatic rings. The van der Waals surface area contributed by atoms with Gasteiger partial charge in [0, 0.05) is 28.6 Å². The zero-order valence-corrected chi connectivity index (χ0v) is 15.9. The second-order valence-corrected chi connectivity index (χ2v) is 6.86. The number of hydrogen-bond donors (Lipinski definition) is 0. The number of aromatic nitrogens is 2. The van der Waals surface area contributed by atoms with Gasteiger partial charge in [0.2, 0.25) is 0 Å². The van der Waals surface area contributed by atoms with Crippen LogP contribution in [0.15, 0.2) is 91.0 Å². The van der Waals surface area contributed by atoms with Gasteiger partial charge in [-0.25, -0.2) is 4.98 Å². The summed E-state index contributed by atoms with van der Waals surface area (Å²) >= 11 is 3.62. The molecular weight excluding hydrogens is 384 g/mol. The molecule has 3 heteroatoms. The van der Waals surface area contributed by atoms with E-state index in [0.717, 1.165) is 40.2 Å². The molecule has 0 aliphatic carbocycles. The van der Waals surface area contributed by atoms with Crippen LogP contribution in [-0.4, -0.2) is 14.9 Å². The Hall–Kier alpha value is -2.65. The first-order valence-electron chi connectivity index (χ1n) is 8.71. The van der Waals surface area contributed by atoms with E-state index in [2.05, 4.69) is 99.4 Å². The lowest BCUT2D eigenvalue weighted by atomic mass is 10.0. The first-order chi connectivity index (χ1) is 12.9. The molecule has 4 aromatic rings. The largest absolute Gasteiger partial charge is 0.323 e. The third-order valence-electron chi connectivity index (χ3n) is 4.40. The van der Waals surface area contributed by atoms with E-state index in [9.17, 15) is 0 Å². The summed E-state index contributed by atoms with van der Waals surface area (Å²) in [5, 5.41) is 0.872. The minimum atomic E-state index is 0.855. The smallest absolute Gasteiger partial charge is 0.141 e. The minimum Gasteiger partial charge on any atom is -0.323 e. The van der Waals surface area contributed by atoms with Crippen molar-refractivity contribution in [1.82, 2.24) is 9.55 Å². The van der Waals surface area contributed by atoms with Crippen LogP contribution in [0.25, 0.3) is 33.9 Å². The van der Waals surface area contributed by atoms with Crippen molar-refractivity contribution in [2.45, 2.75) is 6.54 Å². The lowest BCUT2D eigenvalue weighted by Crippen LogP contribution is -2.04. The fourth-order valence-corrected chi connectivity index (χ4v) is 3.60. The second-order valence-electron chi connectivity index (χ2n) is 6.07. The van der Waals surface area contributed by atoms with E-state index in [0.29, 0.717) is 0 Å². The number of imidazole rings is 1. The van der Waals surface area contributed by atoms with Gasteiger partial charge < -0.3 is 4.57 Å². The fraction of sp³-hybridized carbons (Fsp3) is 0.0870. The molecule has 128 valence electrons. The predicted octanol–water partition coefficient (Wildman–Crippen LogP) is 6.28. The number of hydrogen-bond acceptors (Lipinski definition) is 1. The van der Waals surface area contributed by atoms with Crippen molar-refractivity contribution >= 4 is 15.9 Å². The number of halogens is 1. The normalized spacial score (nSPS) is 10.8. The van der Waals surface area contributed by atoms with Crippen LogP contribution in [0.2, 0.25) is 0 Å². The molecule has 0 radical (unpaired) electrons. The summed E-state index contributed by atoms with van der Waals surface area (Å²) in [6.45, 7) is 0.855. The lowest BCUT2D eigenvalue weighted by molar-refractivity contribution is 0.791. The van der Waals surface area contributed by atoms with Crippen LogP contribution in [0.3, 0.4) is 0 Å². The predicted molar refractivity (Wildman–Crippen MR) is 112 cm³/mol. The van der Waals surface area contributed by atoms with Crippen LogP contribution < -0.4 is 0 Å². The van der Waals surface area contributed by atoms with Crippen molar-refractivity contribution in [3.05, 3.63) is 91.0 Å². The molecule has 0 unspecified atom stereocenters. The van der Waals surface area contributed by atoms with E-state index < -0.39 is 0 Å². The SMILES string of the molecule is BrCCn1c(-c2ccccc2)nc(-c2ccccc2)c1-c1ccccc1. The molecule has 2 nitrogen and oxygen atoms in total. The van der Waals surface area contributed by atoms with E-state index in [-0.39, 0.29) is 0 Å². The number of nitrogens with zero attached hydrogens (tertiary/aromatic N) is 2. The highest BCUT2D eigenvalue weighted by Gasteiger charge is 2.20. The van der Waals surface area contributed by atoms with Gasteiger partial charge in [-0.15, -0.1) is 0 Å². The number of alkyl halides is 1. The third kappa shape index (κ3) is 3.23. The van der Waals surface area contributed by atoms with Gasteiger partial charge in [-0.1, -0.05) is 107 Å². The Balaban J connectivity index is 2.02. The topological polar surface area (TPSA) is 17.8 Å². The van der Waals surface area contributed by atoms with Gasteiger partial charge in [0.15, 0.2) is 0 Å². The van der Waals surface area contributed by atoms with Gasteiger partial charge in [0.25, 0.3) is 0 Å². The third-order valence-corrected chi connectivity index (χ3v) is 4.76. The molecule has 0 bridgehead atoms. The van der Waals surface area contributed by atoms with Gasteiger partial charge in [-0.05, 0) is 0 Å². The van der Waals surface area contributed by atoms with Crippen LogP contribution in [0.4, 0.5) is 0 Å². The van der Waals surface area contributed by atoms with Gasteiger partial charge in [-0.3, -0.25) is 0 Å². The second kappa shape index (κ2) is 7.71. The Kier molecular flexibility index (Phi) is 4.98. The molecule has 4 rings (SSSR count). The summed E-state index contributed by atoms with van der Waals surface area (Å²) in [7, 11) is 0. The first kappa shape index (κ1) is 16.8. The summed E-state index contributed by atoms with van der Waals surface area (Å²) in [6.07, 6.45) is 0. The van der Waals surface area contributed by atoms with Gasteiger partial charge in [0.1, 0.15) is 5.82 Å². The van der Waals surface area contributed by atoms with E-state index in [1.807, 2.05) is 12.1 Å². The van der Waals surface area contributed by atoms with Crippen LogP contribution in [0.5, 0.6) is 0 Å². The summed E-state index contributed by atoms with van der Waals surface area (Å²) in [4.78, 5) is 5.09. The first-order valence-corrected chi connectivity index (χ1v) is 9.83. The van der Waals surface area contributed by atoms with Gasteiger partial charge in [0.05, 0.1) is 11.4 Å². The van der Waals surface area contributed by atoms with Crippen LogP contribution in [0.1, 0.15) is 0 Å². The number of rotatable bonds is 5. The summed E-state index contributed by atoms with van der Waals surface area (Å²) in [6, 6.07) is 31.4. The molecule has 0 saturated carbocycles. The molecule has 0 N–H and O–H groups in total. The Morgan fingerprint density at radius 1 is 0.654 bits per heavy atom. The molecular formula is C23H19BrN2. The molecule has 0 fully saturated rings. The Labute approximate surface area is 162 Å². The molecule has 3 aromatic carbocycles. The maximum absolute atomic E-state index is 5.09. The minimum absolute atomic E-state index is 0.855. The van der Waals surface area contributed by atoms with Crippen LogP contribution in [0, 0.1) is 0 Å². The van der Waals surface area contributed by atoms with Crippen molar-refractivity contribution in [3.63, 3.8) is 0 Å². The number of benzene rings is 3. The Bertz CT molecular complexity index is 977.